The van der Waals surface area contributed by atoms with Gasteiger partial charge in [0.1, 0.15) is 12.0 Å². The Morgan fingerprint density at radius 2 is 1.95 bits per heavy atom. The Morgan fingerprint density at radius 1 is 1.24 bits per heavy atom. The molecule has 0 aromatic heterocycles. The van der Waals surface area contributed by atoms with Crippen molar-refractivity contribution in [2.24, 2.45) is 11.8 Å². The van der Waals surface area contributed by atoms with E-state index in [2.05, 4.69) is 33.0 Å². The molecule has 3 nitrogen and oxygen atoms in total. The molecular formula is C17H25FN2O. The summed E-state index contributed by atoms with van der Waals surface area (Å²) < 4.78 is 13.5. The first-order valence-electron chi connectivity index (χ1n) is 7.70. The van der Waals surface area contributed by atoms with Crippen LogP contribution >= 0.6 is 0 Å². The van der Waals surface area contributed by atoms with Gasteiger partial charge < -0.3 is 4.90 Å². The molecule has 1 aromatic carbocycles. The van der Waals surface area contributed by atoms with Crippen LogP contribution in [0.1, 0.15) is 45.8 Å². The molecule has 4 heteroatoms. The van der Waals surface area contributed by atoms with Crippen molar-refractivity contribution in [2.45, 2.75) is 46.3 Å². The molecule has 0 bridgehead atoms. The summed E-state index contributed by atoms with van der Waals surface area (Å²) in [5, 5.41) is 3.38. The van der Waals surface area contributed by atoms with Crippen LogP contribution in [0.25, 0.3) is 0 Å². The lowest BCUT2D eigenvalue weighted by molar-refractivity contribution is -0.130. The van der Waals surface area contributed by atoms with Crippen LogP contribution in [0.5, 0.6) is 0 Å². The van der Waals surface area contributed by atoms with Crippen molar-refractivity contribution in [3.8, 4) is 0 Å². The standard InChI is InChI=1S/C17H25FN2O/c1-11(2)8-15-17(21)20(10-12(3)4)16(19-15)13-6-5-7-14(18)9-13/h5-7,9,11-12,15-16,19H,8,10H2,1-4H3. The second-order valence-electron chi connectivity index (χ2n) is 6.69. The van der Waals surface area contributed by atoms with Crippen molar-refractivity contribution in [2.75, 3.05) is 6.54 Å². The number of amides is 1. The second-order valence-corrected chi connectivity index (χ2v) is 6.69. The molecule has 0 aliphatic carbocycles. The minimum atomic E-state index is -0.265. The number of nitrogens with one attached hydrogen (secondary N) is 1. The monoisotopic (exact) mass is 292 g/mol. The maximum atomic E-state index is 13.5. The third kappa shape index (κ3) is 3.82. The fourth-order valence-electron chi connectivity index (χ4n) is 2.86. The van der Waals surface area contributed by atoms with Gasteiger partial charge in [0.25, 0.3) is 0 Å². The first-order valence-corrected chi connectivity index (χ1v) is 7.70. The zero-order valence-corrected chi connectivity index (χ0v) is 13.3. The lowest BCUT2D eigenvalue weighted by Crippen LogP contribution is -2.34. The molecule has 2 unspecified atom stereocenters. The van der Waals surface area contributed by atoms with E-state index in [1.54, 1.807) is 6.07 Å². The zero-order chi connectivity index (χ0) is 15.6. The smallest absolute Gasteiger partial charge is 0.241 e. The number of nitrogens with zero attached hydrogens (tertiary/aromatic N) is 1. The van der Waals surface area contributed by atoms with Gasteiger partial charge in [-0.3, -0.25) is 10.1 Å². The number of carbonyl (C=O) groups is 1. The molecule has 1 N–H and O–H groups in total. The molecule has 0 saturated carbocycles. The summed E-state index contributed by atoms with van der Waals surface area (Å²) in [5.41, 5.74) is 0.815. The minimum absolute atomic E-state index is 0.131. The summed E-state index contributed by atoms with van der Waals surface area (Å²) in [6.07, 6.45) is 0.582. The van der Waals surface area contributed by atoms with Crippen molar-refractivity contribution in [3.05, 3.63) is 35.6 Å². The van der Waals surface area contributed by atoms with Crippen LogP contribution in [-0.4, -0.2) is 23.4 Å². The fraction of sp³-hybridized carbons (Fsp3) is 0.588. The van der Waals surface area contributed by atoms with Crippen molar-refractivity contribution in [1.82, 2.24) is 10.2 Å². The van der Waals surface area contributed by atoms with E-state index in [4.69, 9.17) is 0 Å². The highest BCUT2D eigenvalue weighted by molar-refractivity contribution is 5.84. The van der Waals surface area contributed by atoms with Crippen molar-refractivity contribution in [1.29, 1.82) is 0 Å². The average Bonchev–Trinajstić information content (AvgIpc) is 2.66. The highest BCUT2D eigenvalue weighted by atomic mass is 19.1. The molecule has 21 heavy (non-hydrogen) atoms. The molecule has 1 heterocycles. The molecule has 1 saturated heterocycles. The van der Waals surface area contributed by atoms with E-state index in [9.17, 15) is 9.18 Å². The second kappa shape index (κ2) is 6.56. The van der Waals surface area contributed by atoms with Gasteiger partial charge in [-0.05, 0) is 36.0 Å². The van der Waals surface area contributed by atoms with Crippen LogP contribution in [0.15, 0.2) is 24.3 Å². The molecule has 0 radical (unpaired) electrons. The van der Waals surface area contributed by atoms with Gasteiger partial charge in [0.2, 0.25) is 5.91 Å². The molecule has 0 spiro atoms. The van der Waals surface area contributed by atoms with Gasteiger partial charge in [0.05, 0.1) is 6.04 Å². The maximum Gasteiger partial charge on any atom is 0.241 e. The molecule has 1 fully saturated rings. The third-order valence-electron chi connectivity index (χ3n) is 3.69. The Hall–Kier alpha value is -1.42. The highest BCUT2D eigenvalue weighted by Crippen LogP contribution is 2.28. The number of rotatable bonds is 5. The van der Waals surface area contributed by atoms with Gasteiger partial charge in [-0.1, -0.05) is 39.8 Å². The summed E-state index contributed by atoms with van der Waals surface area (Å²) >= 11 is 0. The molecule has 1 aliphatic heterocycles. The Kier molecular flexibility index (Phi) is 4.99. The predicted octanol–water partition coefficient (Wildman–Crippen LogP) is 3.33. The van der Waals surface area contributed by atoms with Gasteiger partial charge in [-0.15, -0.1) is 0 Å². The first kappa shape index (κ1) is 16.0. The quantitative estimate of drug-likeness (QED) is 0.903. The van der Waals surface area contributed by atoms with Crippen molar-refractivity contribution < 1.29 is 9.18 Å². The summed E-state index contributed by atoms with van der Waals surface area (Å²) in [6.45, 7) is 9.08. The number of benzene rings is 1. The molecule has 1 aromatic rings. The Morgan fingerprint density at radius 3 is 2.52 bits per heavy atom. The van der Waals surface area contributed by atoms with E-state index in [1.165, 1.54) is 12.1 Å². The molecule has 116 valence electrons. The van der Waals surface area contributed by atoms with Gasteiger partial charge in [-0.2, -0.15) is 0 Å². The van der Waals surface area contributed by atoms with E-state index in [1.807, 2.05) is 11.0 Å². The van der Waals surface area contributed by atoms with Crippen LogP contribution in [0.4, 0.5) is 4.39 Å². The third-order valence-corrected chi connectivity index (χ3v) is 3.69. The van der Waals surface area contributed by atoms with Crippen LogP contribution < -0.4 is 5.32 Å². The zero-order valence-electron chi connectivity index (χ0n) is 13.3. The molecular weight excluding hydrogens is 267 g/mol. The summed E-state index contributed by atoms with van der Waals surface area (Å²) in [4.78, 5) is 14.5. The SMILES string of the molecule is CC(C)CC1NC(c2cccc(F)c2)N(CC(C)C)C1=O. The lowest BCUT2D eigenvalue weighted by atomic mass is 10.0. The summed E-state index contributed by atoms with van der Waals surface area (Å²) in [7, 11) is 0. The number of hydrogen-bond acceptors (Lipinski definition) is 2. The maximum absolute atomic E-state index is 13.5. The molecule has 1 aliphatic rings. The molecule has 2 rings (SSSR count). The molecule has 1 amide bonds. The minimum Gasteiger partial charge on any atom is -0.321 e. The molecule has 2 atom stereocenters. The summed E-state index contributed by atoms with van der Waals surface area (Å²) in [5.74, 6) is 0.688. The average molecular weight is 292 g/mol. The topological polar surface area (TPSA) is 32.3 Å². The summed E-state index contributed by atoms with van der Waals surface area (Å²) in [6, 6.07) is 6.34. The van der Waals surface area contributed by atoms with E-state index in [0.29, 0.717) is 18.4 Å². The van der Waals surface area contributed by atoms with Gasteiger partial charge in [-0.25, -0.2) is 4.39 Å². The van der Waals surface area contributed by atoms with Crippen LogP contribution in [0, 0.1) is 17.7 Å². The Bertz CT molecular complexity index is 501. The Labute approximate surface area is 126 Å². The first-order chi connectivity index (χ1) is 9.88. The van der Waals surface area contributed by atoms with E-state index in [-0.39, 0.29) is 23.9 Å². The van der Waals surface area contributed by atoms with Crippen LogP contribution in [0.2, 0.25) is 0 Å². The van der Waals surface area contributed by atoms with Gasteiger partial charge in [0.15, 0.2) is 0 Å². The largest absolute Gasteiger partial charge is 0.321 e. The number of hydrogen-bond donors (Lipinski definition) is 1. The fourth-order valence-corrected chi connectivity index (χ4v) is 2.86. The number of carbonyl (C=O) groups excluding carboxylic acids is 1. The van der Waals surface area contributed by atoms with E-state index >= 15 is 0 Å². The Balaban J connectivity index is 2.26. The lowest BCUT2D eigenvalue weighted by Gasteiger charge is -2.26. The van der Waals surface area contributed by atoms with Gasteiger partial charge >= 0.3 is 0 Å². The number of halogens is 1. The van der Waals surface area contributed by atoms with Crippen LogP contribution in [-0.2, 0) is 4.79 Å². The van der Waals surface area contributed by atoms with E-state index < -0.39 is 0 Å². The van der Waals surface area contributed by atoms with Crippen LogP contribution in [0.3, 0.4) is 0 Å². The van der Waals surface area contributed by atoms with Crippen molar-refractivity contribution in [3.63, 3.8) is 0 Å². The van der Waals surface area contributed by atoms with Gasteiger partial charge in [0, 0.05) is 6.54 Å². The predicted molar refractivity (Wildman–Crippen MR) is 82.1 cm³/mol. The highest BCUT2D eigenvalue weighted by Gasteiger charge is 2.39. The van der Waals surface area contributed by atoms with E-state index in [0.717, 1.165) is 12.0 Å². The van der Waals surface area contributed by atoms with Crippen molar-refractivity contribution >= 4 is 5.91 Å². The normalized spacial score (nSPS) is 22.6.